The van der Waals surface area contributed by atoms with Crippen molar-refractivity contribution in [3.8, 4) is 0 Å². The van der Waals surface area contributed by atoms with E-state index >= 15 is 0 Å². The number of aryl methyl sites for hydroxylation is 1. The van der Waals surface area contributed by atoms with Crippen LogP contribution in [-0.2, 0) is 6.54 Å². The smallest absolute Gasteiger partial charge is 0.128 e. The minimum absolute atomic E-state index is 0.196. The summed E-state index contributed by atoms with van der Waals surface area (Å²) in [6, 6.07) is 8.56. The Hall–Kier alpha value is -1.17. The molecule has 5 heteroatoms. The topological polar surface area (TPSA) is 42.4 Å². The van der Waals surface area contributed by atoms with Crippen molar-refractivity contribution in [1.82, 2.24) is 4.90 Å². The number of hydrogen-bond acceptors (Lipinski definition) is 3. The predicted molar refractivity (Wildman–Crippen MR) is 80.8 cm³/mol. The van der Waals surface area contributed by atoms with E-state index in [0.29, 0.717) is 18.7 Å². The highest BCUT2D eigenvalue weighted by atomic mass is 79.9. The Bertz CT molecular complexity index is 585. The second kappa shape index (κ2) is 6.52. The van der Waals surface area contributed by atoms with Crippen molar-refractivity contribution in [2.45, 2.75) is 19.5 Å². The van der Waals surface area contributed by atoms with Gasteiger partial charge in [-0.1, -0.05) is 15.9 Å². The molecule has 3 nitrogen and oxygen atoms in total. The highest BCUT2D eigenvalue weighted by Gasteiger charge is 2.20. The van der Waals surface area contributed by atoms with Crippen LogP contribution in [0.4, 0.5) is 4.39 Å². The number of halogens is 2. The van der Waals surface area contributed by atoms with Crippen molar-refractivity contribution >= 4 is 15.9 Å². The largest absolute Gasteiger partial charge is 0.465 e. The van der Waals surface area contributed by atoms with E-state index in [1.165, 1.54) is 6.07 Å². The molecular weight excluding hydrogens is 323 g/mol. The van der Waals surface area contributed by atoms with Crippen LogP contribution in [0, 0.1) is 12.7 Å². The Labute approximate surface area is 126 Å². The summed E-state index contributed by atoms with van der Waals surface area (Å²) in [5, 5.41) is 0. The second-order valence-electron chi connectivity index (χ2n) is 4.84. The quantitative estimate of drug-likeness (QED) is 0.903. The van der Waals surface area contributed by atoms with Gasteiger partial charge in [0, 0.05) is 16.6 Å². The zero-order chi connectivity index (χ0) is 14.7. The highest BCUT2D eigenvalue weighted by Crippen LogP contribution is 2.26. The van der Waals surface area contributed by atoms with Gasteiger partial charge >= 0.3 is 0 Å². The third-order valence-electron chi connectivity index (χ3n) is 3.27. The maximum atomic E-state index is 14.0. The Balaban J connectivity index is 2.20. The molecule has 20 heavy (non-hydrogen) atoms. The fourth-order valence-corrected chi connectivity index (χ4v) is 2.62. The Morgan fingerprint density at radius 2 is 2.10 bits per heavy atom. The van der Waals surface area contributed by atoms with Gasteiger partial charge < -0.3 is 10.2 Å². The van der Waals surface area contributed by atoms with Crippen LogP contribution in [0.3, 0.4) is 0 Å². The van der Waals surface area contributed by atoms with Gasteiger partial charge in [-0.15, -0.1) is 0 Å². The van der Waals surface area contributed by atoms with E-state index in [4.69, 9.17) is 10.2 Å². The first kappa shape index (κ1) is 15.2. The van der Waals surface area contributed by atoms with Crippen molar-refractivity contribution in [2.24, 2.45) is 5.73 Å². The summed E-state index contributed by atoms with van der Waals surface area (Å²) in [6.07, 6.45) is 0. The first-order chi connectivity index (χ1) is 9.51. The summed E-state index contributed by atoms with van der Waals surface area (Å²) in [5.41, 5.74) is 6.42. The molecule has 1 aromatic heterocycles. The Morgan fingerprint density at radius 1 is 1.35 bits per heavy atom. The fraction of sp³-hybridized carbons (Fsp3) is 0.333. The molecule has 1 atom stereocenters. The zero-order valence-corrected chi connectivity index (χ0v) is 13.2. The number of nitrogens with zero attached hydrogens (tertiary/aromatic N) is 1. The first-order valence-corrected chi connectivity index (χ1v) is 7.21. The van der Waals surface area contributed by atoms with E-state index in [-0.39, 0.29) is 11.9 Å². The van der Waals surface area contributed by atoms with Gasteiger partial charge in [0.1, 0.15) is 17.3 Å². The van der Waals surface area contributed by atoms with Crippen LogP contribution in [0.5, 0.6) is 0 Å². The lowest BCUT2D eigenvalue weighted by Crippen LogP contribution is -2.30. The maximum absolute atomic E-state index is 14.0. The van der Waals surface area contributed by atoms with Crippen LogP contribution in [0.2, 0.25) is 0 Å². The molecule has 108 valence electrons. The second-order valence-corrected chi connectivity index (χ2v) is 5.76. The van der Waals surface area contributed by atoms with E-state index in [0.717, 1.165) is 16.0 Å². The Morgan fingerprint density at radius 3 is 2.70 bits per heavy atom. The molecule has 0 amide bonds. The number of hydrogen-bond donors (Lipinski definition) is 1. The molecule has 1 aromatic carbocycles. The minimum atomic E-state index is -0.244. The molecule has 1 heterocycles. The number of furan rings is 1. The van der Waals surface area contributed by atoms with Crippen molar-refractivity contribution in [3.63, 3.8) is 0 Å². The van der Waals surface area contributed by atoms with Gasteiger partial charge in [0.05, 0.1) is 12.6 Å². The summed E-state index contributed by atoms with van der Waals surface area (Å²) in [5.74, 6) is 1.47. The van der Waals surface area contributed by atoms with Crippen LogP contribution >= 0.6 is 15.9 Å². The Kier molecular flexibility index (Phi) is 4.96. The molecule has 0 bridgehead atoms. The lowest BCUT2D eigenvalue weighted by atomic mass is 10.0. The molecule has 0 saturated carbocycles. The number of likely N-dealkylation sites (N-methyl/N-ethyl adjacent to an activating group) is 1. The average Bonchev–Trinajstić information content (AvgIpc) is 2.80. The minimum Gasteiger partial charge on any atom is -0.465 e. The monoisotopic (exact) mass is 340 g/mol. The van der Waals surface area contributed by atoms with E-state index in [9.17, 15) is 4.39 Å². The molecule has 2 N–H and O–H groups in total. The van der Waals surface area contributed by atoms with Crippen LogP contribution in [0.1, 0.15) is 23.1 Å². The van der Waals surface area contributed by atoms with Gasteiger partial charge in [0.25, 0.3) is 0 Å². The van der Waals surface area contributed by atoms with Crippen LogP contribution in [0.15, 0.2) is 39.2 Å². The van der Waals surface area contributed by atoms with Gasteiger partial charge in [0.15, 0.2) is 0 Å². The molecule has 0 fully saturated rings. The summed E-state index contributed by atoms with van der Waals surface area (Å²) in [7, 11) is 1.91. The third kappa shape index (κ3) is 3.48. The first-order valence-electron chi connectivity index (χ1n) is 6.42. The molecule has 0 aliphatic heterocycles. The van der Waals surface area contributed by atoms with Crippen molar-refractivity contribution < 1.29 is 8.81 Å². The van der Waals surface area contributed by atoms with Gasteiger partial charge in [0.2, 0.25) is 0 Å². The predicted octanol–water partition coefficient (Wildman–Crippen LogP) is 3.62. The molecule has 2 rings (SSSR count). The number of nitrogens with two attached hydrogens (primary N) is 1. The summed E-state index contributed by atoms with van der Waals surface area (Å²) < 4.78 is 20.4. The molecular formula is C15H18BrFN2O. The third-order valence-corrected chi connectivity index (χ3v) is 3.77. The van der Waals surface area contributed by atoms with Crippen molar-refractivity contribution in [3.05, 3.63) is 57.7 Å². The van der Waals surface area contributed by atoms with E-state index in [1.54, 1.807) is 12.1 Å². The zero-order valence-electron chi connectivity index (χ0n) is 11.6. The maximum Gasteiger partial charge on any atom is 0.128 e. The molecule has 0 saturated heterocycles. The van der Waals surface area contributed by atoms with Crippen LogP contribution in [0.25, 0.3) is 0 Å². The molecule has 0 spiro atoms. The normalized spacial score (nSPS) is 12.9. The molecule has 0 aliphatic carbocycles. The lowest BCUT2D eigenvalue weighted by Gasteiger charge is -2.27. The highest BCUT2D eigenvalue weighted by molar-refractivity contribution is 9.10. The molecule has 1 unspecified atom stereocenters. The van der Waals surface area contributed by atoms with E-state index < -0.39 is 0 Å². The van der Waals surface area contributed by atoms with Crippen LogP contribution < -0.4 is 5.73 Å². The van der Waals surface area contributed by atoms with E-state index in [1.807, 2.05) is 31.0 Å². The molecule has 2 aromatic rings. The summed E-state index contributed by atoms with van der Waals surface area (Å²) >= 11 is 3.37. The summed E-state index contributed by atoms with van der Waals surface area (Å²) in [6.45, 7) is 2.82. The molecule has 0 radical (unpaired) electrons. The van der Waals surface area contributed by atoms with Crippen molar-refractivity contribution in [1.29, 1.82) is 0 Å². The average molecular weight is 341 g/mol. The van der Waals surface area contributed by atoms with Gasteiger partial charge in [-0.2, -0.15) is 0 Å². The standard InChI is InChI=1S/C15H18BrFN2O/c1-10-3-5-12(20-10)9-19(2)15(8-18)13-7-11(16)4-6-14(13)17/h3-7,15H,8-9,18H2,1-2H3. The lowest BCUT2D eigenvalue weighted by molar-refractivity contribution is 0.217. The fourth-order valence-electron chi connectivity index (χ4n) is 2.24. The van der Waals surface area contributed by atoms with Gasteiger partial charge in [-0.05, 0) is 44.3 Å². The van der Waals surface area contributed by atoms with Crippen LogP contribution in [-0.4, -0.2) is 18.5 Å². The number of benzene rings is 1. The van der Waals surface area contributed by atoms with Gasteiger partial charge in [-0.3, -0.25) is 4.90 Å². The van der Waals surface area contributed by atoms with E-state index in [2.05, 4.69) is 15.9 Å². The summed E-state index contributed by atoms with van der Waals surface area (Å²) in [4.78, 5) is 1.99. The SMILES string of the molecule is Cc1ccc(CN(C)C(CN)c2cc(Br)ccc2F)o1. The van der Waals surface area contributed by atoms with Crippen molar-refractivity contribution in [2.75, 3.05) is 13.6 Å². The number of rotatable bonds is 5. The van der Waals surface area contributed by atoms with Gasteiger partial charge in [-0.25, -0.2) is 4.39 Å². The molecule has 0 aliphatic rings.